The zero-order valence-corrected chi connectivity index (χ0v) is 10.3. The first-order chi connectivity index (χ1) is 8.09. The highest BCUT2D eigenvalue weighted by Crippen LogP contribution is 2.01. The van der Waals surface area contributed by atoms with Crippen LogP contribution in [0.4, 0.5) is 0 Å². The second-order valence-corrected chi connectivity index (χ2v) is 4.47. The quantitative estimate of drug-likeness (QED) is 0.731. The molecule has 0 aromatic heterocycles. The summed E-state index contributed by atoms with van der Waals surface area (Å²) in [6.45, 7) is 4.51. The van der Waals surface area contributed by atoms with Gasteiger partial charge in [0.1, 0.15) is 0 Å². The SMILES string of the molecule is CC(C)CONC(=O)[C@@H](N)Cc1ccccc1. The van der Waals surface area contributed by atoms with Crippen molar-refractivity contribution in [1.82, 2.24) is 5.48 Å². The first-order valence-corrected chi connectivity index (χ1v) is 5.80. The Morgan fingerprint density at radius 2 is 2.00 bits per heavy atom. The Bertz CT molecular complexity index is 339. The average Bonchev–Trinajstić information content (AvgIpc) is 2.29. The van der Waals surface area contributed by atoms with E-state index in [0.29, 0.717) is 18.9 Å². The first-order valence-electron chi connectivity index (χ1n) is 5.80. The van der Waals surface area contributed by atoms with E-state index in [0.717, 1.165) is 5.56 Å². The smallest absolute Gasteiger partial charge is 0.260 e. The molecule has 1 rings (SSSR count). The lowest BCUT2D eigenvalue weighted by molar-refractivity contribution is -0.135. The van der Waals surface area contributed by atoms with E-state index in [-0.39, 0.29) is 5.91 Å². The largest absolute Gasteiger partial charge is 0.320 e. The van der Waals surface area contributed by atoms with Crippen LogP contribution in [0.2, 0.25) is 0 Å². The fraction of sp³-hybridized carbons (Fsp3) is 0.462. The van der Waals surface area contributed by atoms with Crippen molar-refractivity contribution in [3.05, 3.63) is 35.9 Å². The van der Waals surface area contributed by atoms with Crippen LogP contribution in [0.25, 0.3) is 0 Å². The molecule has 0 unspecified atom stereocenters. The minimum absolute atomic E-state index is 0.283. The van der Waals surface area contributed by atoms with Gasteiger partial charge in [-0.3, -0.25) is 9.63 Å². The summed E-state index contributed by atoms with van der Waals surface area (Å²) >= 11 is 0. The van der Waals surface area contributed by atoms with Crippen LogP contribution in [-0.4, -0.2) is 18.6 Å². The summed E-state index contributed by atoms with van der Waals surface area (Å²) in [4.78, 5) is 16.6. The molecule has 0 saturated heterocycles. The van der Waals surface area contributed by atoms with Crippen LogP contribution >= 0.6 is 0 Å². The average molecular weight is 236 g/mol. The van der Waals surface area contributed by atoms with Gasteiger partial charge in [-0.15, -0.1) is 0 Å². The van der Waals surface area contributed by atoms with Crippen LogP contribution in [0.5, 0.6) is 0 Å². The lowest BCUT2D eigenvalue weighted by Crippen LogP contribution is -2.42. The Kier molecular flexibility index (Phi) is 5.66. The van der Waals surface area contributed by atoms with Gasteiger partial charge in [0.25, 0.3) is 5.91 Å². The lowest BCUT2D eigenvalue weighted by atomic mass is 10.1. The lowest BCUT2D eigenvalue weighted by Gasteiger charge is -2.13. The van der Waals surface area contributed by atoms with Crippen molar-refractivity contribution in [2.75, 3.05) is 6.61 Å². The van der Waals surface area contributed by atoms with E-state index in [4.69, 9.17) is 10.6 Å². The molecule has 1 atom stereocenters. The molecule has 0 aliphatic rings. The van der Waals surface area contributed by atoms with Gasteiger partial charge in [0, 0.05) is 0 Å². The van der Waals surface area contributed by atoms with Crippen LogP contribution in [0.3, 0.4) is 0 Å². The predicted molar refractivity (Wildman–Crippen MR) is 67.1 cm³/mol. The fourth-order valence-corrected chi connectivity index (χ4v) is 1.32. The molecule has 0 fully saturated rings. The molecule has 3 N–H and O–H groups in total. The number of carbonyl (C=O) groups is 1. The minimum Gasteiger partial charge on any atom is -0.320 e. The maximum atomic E-state index is 11.6. The molecule has 4 nitrogen and oxygen atoms in total. The standard InChI is InChI=1S/C13H20N2O2/c1-10(2)9-17-15-13(16)12(14)8-11-6-4-3-5-7-11/h3-7,10,12H,8-9,14H2,1-2H3,(H,15,16)/t12-/m0/s1. The molecule has 0 heterocycles. The molecule has 0 aliphatic carbocycles. The molecule has 1 aromatic carbocycles. The van der Waals surface area contributed by atoms with E-state index in [1.54, 1.807) is 0 Å². The molecule has 1 amide bonds. The summed E-state index contributed by atoms with van der Waals surface area (Å²) in [5.74, 6) is 0.0927. The zero-order valence-electron chi connectivity index (χ0n) is 10.3. The van der Waals surface area contributed by atoms with Crippen LogP contribution in [-0.2, 0) is 16.1 Å². The monoisotopic (exact) mass is 236 g/mol. The van der Waals surface area contributed by atoms with Crippen molar-refractivity contribution < 1.29 is 9.63 Å². The Morgan fingerprint density at radius 3 is 2.59 bits per heavy atom. The predicted octanol–water partition coefficient (Wildman–Crippen LogP) is 1.26. The number of carbonyl (C=O) groups excluding carboxylic acids is 1. The first kappa shape index (κ1) is 13.7. The molecular weight excluding hydrogens is 216 g/mol. The number of amides is 1. The number of benzene rings is 1. The van der Waals surface area contributed by atoms with Crippen LogP contribution in [0.15, 0.2) is 30.3 Å². The number of hydroxylamine groups is 1. The topological polar surface area (TPSA) is 64.3 Å². The Morgan fingerprint density at radius 1 is 1.35 bits per heavy atom. The van der Waals surface area contributed by atoms with Crippen molar-refractivity contribution in [2.45, 2.75) is 26.3 Å². The third kappa shape index (κ3) is 5.47. The van der Waals surface area contributed by atoms with Crippen LogP contribution in [0.1, 0.15) is 19.4 Å². The normalized spacial score (nSPS) is 12.5. The zero-order chi connectivity index (χ0) is 12.7. The number of nitrogens with one attached hydrogen (secondary N) is 1. The second-order valence-electron chi connectivity index (χ2n) is 4.47. The summed E-state index contributed by atoms with van der Waals surface area (Å²) in [5.41, 5.74) is 9.18. The van der Waals surface area contributed by atoms with Gasteiger partial charge in [-0.1, -0.05) is 44.2 Å². The van der Waals surface area contributed by atoms with E-state index in [1.165, 1.54) is 0 Å². The van der Waals surface area contributed by atoms with Crippen molar-refractivity contribution in [1.29, 1.82) is 0 Å². The molecule has 4 heteroatoms. The van der Waals surface area contributed by atoms with Crippen LogP contribution < -0.4 is 11.2 Å². The summed E-state index contributed by atoms with van der Waals surface area (Å²) in [7, 11) is 0. The highest BCUT2D eigenvalue weighted by atomic mass is 16.7. The number of hydrogen-bond donors (Lipinski definition) is 2. The number of rotatable bonds is 6. The molecule has 1 aromatic rings. The van der Waals surface area contributed by atoms with Gasteiger partial charge in [-0.2, -0.15) is 0 Å². The number of hydrogen-bond acceptors (Lipinski definition) is 3. The number of nitrogens with two attached hydrogens (primary N) is 1. The van der Waals surface area contributed by atoms with Gasteiger partial charge in [0.05, 0.1) is 12.6 Å². The fourth-order valence-electron chi connectivity index (χ4n) is 1.32. The minimum atomic E-state index is -0.579. The molecule has 0 radical (unpaired) electrons. The van der Waals surface area contributed by atoms with Gasteiger partial charge in [0.15, 0.2) is 0 Å². The van der Waals surface area contributed by atoms with E-state index in [2.05, 4.69) is 5.48 Å². The second kappa shape index (κ2) is 7.04. The summed E-state index contributed by atoms with van der Waals surface area (Å²) < 4.78 is 0. The van der Waals surface area contributed by atoms with E-state index >= 15 is 0 Å². The summed E-state index contributed by atoms with van der Waals surface area (Å²) in [5, 5.41) is 0. The third-order valence-electron chi connectivity index (χ3n) is 2.22. The van der Waals surface area contributed by atoms with Crippen molar-refractivity contribution in [2.24, 2.45) is 11.7 Å². The maximum Gasteiger partial charge on any atom is 0.260 e. The van der Waals surface area contributed by atoms with E-state index in [1.807, 2.05) is 44.2 Å². The van der Waals surface area contributed by atoms with Gasteiger partial charge in [-0.25, -0.2) is 5.48 Å². The van der Waals surface area contributed by atoms with Crippen molar-refractivity contribution in [3.8, 4) is 0 Å². The Labute approximate surface area is 102 Å². The van der Waals surface area contributed by atoms with Crippen molar-refractivity contribution in [3.63, 3.8) is 0 Å². The summed E-state index contributed by atoms with van der Waals surface area (Å²) in [6, 6.07) is 9.10. The Hall–Kier alpha value is -1.39. The molecule has 0 aliphatic heterocycles. The highest BCUT2D eigenvalue weighted by Gasteiger charge is 2.13. The molecule has 0 saturated carbocycles. The van der Waals surface area contributed by atoms with Crippen LogP contribution in [0, 0.1) is 5.92 Å². The Balaban J connectivity index is 2.32. The van der Waals surface area contributed by atoms with Gasteiger partial charge < -0.3 is 5.73 Å². The van der Waals surface area contributed by atoms with Gasteiger partial charge in [-0.05, 0) is 17.9 Å². The molecular formula is C13H20N2O2. The van der Waals surface area contributed by atoms with E-state index < -0.39 is 6.04 Å². The van der Waals surface area contributed by atoms with E-state index in [9.17, 15) is 4.79 Å². The molecule has 0 bridgehead atoms. The molecule has 94 valence electrons. The van der Waals surface area contributed by atoms with Gasteiger partial charge >= 0.3 is 0 Å². The van der Waals surface area contributed by atoms with Gasteiger partial charge in [0.2, 0.25) is 0 Å². The highest BCUT2D eigenvalue weighted by molar-refractivity contribution is 5.80. The molecule has 0 spiro atoms. The van der Waals surface area contributed by atoms with Crippen molar-refractivity contribution >= 4 is 5.91 Å². The third-order valence-corrected chi connectivity index (χ3v) is 2.22. The molecule has 17 heavy (non-hydrogen) atoms. The summed E-state index contributed by atoms with van der Waals surface area (Å²) in [6.07, 6.45) is 0.512. The maximum absolute atomic E-state index is 11.6.